The molecule has 0 aliphatic rings. The third kappa shape index (κ3) is 6.12. The Morgan fingerprint density at radius 3 is 2.36 bits per heavy atom. The fraction of sp³-hybridized carbons (Fsp3) is 0.182. The number of nitriles is 2. The van der Waals surface area contributed by atoms with Crippen molar-refractivity contribution < 1.29 is 14.3 Å². The number of ether oxygens (including phenoxy) is 1. The smallest absolute Gasteiger partial charge is 0.331 e. The number of aryl methyl sites for hydroxylation is 1. The molecule has 0 saturated carbocycles. The highest BCUT2D eigenvalue weighted by Gasteiger charge is 2.16. The van der Waals surface area contributed by atoms with Crippen molar-refractivity contribution in [3.05, 3.63) is 71.3 Å². The van der Waals surface area contributed by atoms with Gasteiger partial charge in [0.1, 0.15) is 0 Å². The van der Waals surface area contributed by atoms with Crippen molar-refractivity contribution in [2.24, 2.45) is 0 Å². The topological polar surface area (TPSA) is 94.2 Å². The average molecular weight is 373 g/mol. The van der Waals surface area contributed by atoms with E-state index in [2.05, 4.69) is 0 Å². The maximum Gasteiger partial charge on any atom is 0.331 e. The molecule has 0 aliphatic heterocycles. The van der Waals surface area contributed by atoms with E-state index in [1.54, 1.807) is 42.5 Å². The molecule has 2 rings (SSSR count). The number of esters is 1. The molecule has 0 aromatic heterocycles. The third-order valence-electron chi connectivity index (χ3n) is 3.88. The maximum atomic E-state index is 12.5. The lowest BCUT2D eigenvalue weighted by Gasteiger charge is -2.21. The van der Waals surface area contributed by atoms with Crippen LogP contribution in [0.4, 0.5) is 5.69 Å². The van der Waals surface area contributed by atoms with Gasteiger partial charge in [-0.05, 0) is 42.8 Å². The van der Waals surface area contributed by atoms with Gasteiger partial charge in [-0.1, -0.05) is 29.8 Å². The van der Waals surface area contributed by atoms with Crippen LogP contribution in [0.3, 0.4) is 0 Å². The highest BCUT2D eigenvalue weighted by atomic mass is 16.5. The zero-order valence-corrected chi connectivity index (χ0v) is 15.5. The lowest BCUT2D eigenvalue weighted by Crippen LogP contribution is -2.35. The van der Waals surface area contributed by atoms with Crippen LogP contribution in [0.1, 0.15) is 23.1 Å². The first-order valence-electron chi connectivity index (χ1n) is 8.62. The first-order valence-corrected chi connectivity index (χ1v) is 8.62. The molecule has 2 aromatic rings. The Balaban J connectivity index is 1.95. The SMILES string of the molecule is Cc1ccc(N(CCC#N)C(=O)COC(=O)/C=C/c2ccc(C#N)cc2)cc1. The summed E-state index contributed by atoms with van der Waals surface area (Å²) in [7, 11) is 0. The van der Waals surface area contributed by atoms with Crippen LogP contribution in [-0.2, 0) is 14.3 Å². The van der Waals surface area contributed by atoms with Crippen molar-refractivity contribution in [3.8, 4) is 12.1 Å². The number of benzene rings is 2. The molecule has 0 saturated heterocycles. The second-order valence-corrected chi connectivity index (χ2v) is 5.96. The zero-order valence-electron chi connectivity index (χ0n) is 15.5. The monoisotopic (exact) mass is 373 g/mol. The average Bonchev–Trinajstić information content (AvgIpc) is 2.72. The largest absolute Gasteiger partial charge is 0.452 e. The van der Waals surface area contributed by atoms with Crippen LogP contribution >= 0.6 is 0 Å². The number of amides is 1. The predicted molar refractivity (Wildman–Crippen MR) is 105 cm³/mol. The second kappa shape index (κ2) is 10.3. The summed E-state index contributed by atoms with van der Waals surface area (Å²) < 4.78 is 5.02. The number of carbonyl (C=O) groups is 2. The normalized spacial score (nSPS) is 10.1. The number of anilines is 1. The number of nitrogens with zero attached hydrogens (tertiary/aromatic N) is 3. The minimum absolute atomic E-state index is 0.173. The molecule has 0 heterocycles. The standard InChI is InChI=1S/C22H19N3O3/c1-17-3-10-20(11-4-17)25(14-2-13-23)21(26)16-28-22(27)12-9-18-5-7-19(15-24)8-6-18/h3-12H,2,14,16H2,1H3/b12-9+. The quantitative estimate of drug-likeness (QED) is 0.548. The van der Waals surface area contributed by atoms with E-state index in [9.17, 15) is 9.59 Å². The molecule has 0 spiro atoms. The summed E-state index contributed by atoms with van der Waals surface area (Å²) in [5.74, 6) is -1.05. The minimum Gasteiger partial charge on any atom is -0.452 e. The summed E-state index contributed by atoms with van der Waals surface area (Å²) in [4.78, 5) is 25.8. The molecular formula is C22H19N3O3. The summed E-state index contributed by atoms with van der Waals surface area (Å²) in [6.45, 7) is 1.74. The van der Waals surface area contributed by atoms with Gasteiger partial charge in [0.15, 0.2) is 6.61 Å². The molecule has 140 valence electrons. The van der Waals surface area contributed by atoms with E-state index in [0.29, 0.717) is 11.3 Å². The summed E-state index contributed by atoms with van der Waals surface area (Å²) >= 11 is 0. The summed E-state index contributed by atoms with van der Waals surface area (Å²) in [6.07, 6.45) is 2.94. The van der Waals surface area contributed by atoms with Crippen LogP contribution in [0.25, 0.3) is 6.08 Å². The Morgan fingerprint density at radius 2 is 1.75 bits per heavy atom. The molecule has 0 N–H and O–H groups in total. The molecule has 0 radical (unpaired) electrons. The molecule has 28 heavy (non-hydrogen) atoms. The lowest BCUT2D eigenvalue weighted by molar-refractivity contribution is -0.142. The first-order chi connectivity index (χ1) is 13.5. The zero-order chi connectivity index (χ0) is 20.4. The van der Waals surface area contributed by atoms with E-state index in [0.717, 1.165) is 11.1 Å². The van der Waals surface area contributed by atoms with Crippen LogP contribution in [0.5, 0.6) is 0 Å². The number of rotatable bonds is 7. The second-order valence-electron chi connectivity index (χ2n) is 5.96. The molecule has 2 aromatic carbocycles. The van der Waals surface area contributed by atoms with E-state index in [1.807, 2.05) is 31.2 Å². The number of carbonyl (C=O) groups excluding carboxylic acids is 2. The first kappa shape index (κ1) is 20.4. The van der Waals surface area contributed by atoms with Crippen molar-refractivity contribution in [2.75, 3.05) is 18.1 Å². The highest BCUT2D eigenvalue weighted by Crippen LogP contribution is 2.16. The molecule has 0 bridgehead atoms. The van der Waals surface area contributed by atoms with Crippen LogP contribution in [-0.4, -0.2) is 25.0 Å². The summed E-state index contributed by atoms with van der Waals surface area (Å²) in [6, 6.07) is 18.0. The van der Waals surface area contributed by atoms with Gasteiger partial charge >= 0.3 is 5.97 Å². The molecular weight excluding hydrogens is 354 g/mol. The van der Waals surface area contributed by atoms with Crippen LogP contribution in [0.2, 0.25) is 0 Å². The van der Waals surface area contributed by atoms with Crippen molar-refractivity contribution in [1.82, 2.24) is 0 Å². The Kier molecular flexibility index (Phi) is 7.51. The van der Waals surface area contributed by atoms with E-state index in [4.69, 9.17) is 15.3 Å². The Hall–Kier alpha value is -3.90. The van der Waals surface area contributed by atoms with Crippen molar-refractivity contribution in [1.29, 1.82) is 10.5 Å². The fourth-order valence-corrected chi connectivity index (χ4v) is 2.38. The number of hydrogen-bond donors (Lipinski definition) is 0. The summed E-state index contributed by atoms with van der Waals surface area (Å²) in [5.41, 5.74) is 2.96. The minimum atomic E-state index is -0.651. The molecule has 0 atom stereocenters. The summed E-state index contributed by atoms with van der Waals surface area (Å²) in [5, 5.41) is 17.6. The Morgan fingerprint density at radius 1 is 1.07 bits per heavy atom. The van der Waals surface area contributed by atoms with Gasteiger partial charge in [0.05, 0.1) is 24.1 Å². The van der Waals surface area contributed by atoms with Crippen molar-refractivity contribution in [2.45, 2.75) is 13.3 Å². The van der Waals surface area contributed by atoms with Gasteiger partial charge in [0, 0.05) is 18.3 Å². The van der Waals surface area contributed by atoms with Crippen molar-refractivity contribution >= 4 is 23.6 Å². The third-order valence-corrected chi connectivity index (χ3v) is 3.88. The van der Waals surface area contributed by atoms with Gasteiger partial charge in [-0.3, -0.25) is 4.79 Å². The van der Waals surface area contributed by atoms with Crippen molar-refractivity contribution in [3.63, 3.8) is 0 Å². The van der Waals surface area contributed by atoms with Gasteiger partial charge in [-0.25, -0.2) is 4.79 Å². The van der Waals surface area contributed by atoms with Gasteiger partial charge in [0.2, 0.25) is 0 Å². The molecule has 0 unspecified atom stereocenters. The Labute approximate surface area is 163 Å². The maximum absolute atomic E-state index is 12.5. The molecule has 6 heteroatoms. The van der Waals surface area contributed by atoms with Gasteiger partial charge in [0.25, 0.3) is 5.91 Å². The van der Waals surface area contributed by atoms with E-state index < -0.39 is 18.5 Å². The fourth-order valence-electron chi connectivity index (χ4n) is 2.38. The van der Waals surface area contributed by atoms with Gasteiger partial charge in [-0.2, -0.15) is 10.5 Å². The molecule has 0 fully saturated rings. The lowest BCUT2D eigenvalue weighted by atomic mass is 10.1. The van der Waals surface area contributed by atoms with Crippen LogP contribution < -0.4 is 4.90 Å². The van der Waals surface area contributed by atoms with Gasteiger partial charge in [-0.15, -0.1) is 0 Å². The Bertz CT molecular complexity index is 933. The highest BCUT2D eigenvalue weighted by molar-refractivity contribution is 5.96. The molecule has 0 aliphatic carbocycles. The van der Waals surface area contributed by atoms with E-state index in [-0.39, 0.29) is 13.0 Å². The van der Waals surface area contributed by atoms with E-state index >= 15 is 0 Å². The molecule has 1 amide bonds. The molecule has 6 nitrogen and oxygen atoms in total. The predicted octanol–water partition coefficient (Wildman–Crippen LogP) is 3.37. The van der Waals surface area contributed by atoms with Gasteiger partial charge < -0.3 is 9.64 Å². The van der Waals surface area contributed by atoms with Crippen LogP contribution in [0.15, 0.2) is 54.6 Å². The number of hydrogen-bond acceptors (Lipinski definition) is 5. The van der Waals surface area contributed by atoms with E-state index in [1.165, 1.54) is 11.0 Å². The van der Waals surface area contributed by atoms with Crippen LogP contribution in [0, 0.1) is 29.6 Å².